The first-order valence-electron chi connectivity index (χ1n) is 8.93. The monoisotopic (exact) mass is 347 g/mol. The second-order valence-electron chi connectivity index (χ2n) is 7.08. The third-order valence-electron chi connectivity index (χ3n) is 5.19. The Morgan fingerprint density at radius 2 is 1.77 bits per heavy atom. The predicted octanol–water partition coefficient (Wildman–Crippen LogP) is 4.49. The van der Waals surface area contributed by atoms with Crippen molar-refractivity contribution in [3.05, 3.63) is 66.2 Å². The molecule has 1 fully saturated rings. The van der Waals surface area contributed by atoms with Gasteiger partial charge in [0.1, 0.15) is 11.5 Å². The van der Waals surface area contributed by atoms with Gasteiger partial charge in [-0.2, -0.15) is 0 Å². The molecule has 1 aliphatic heterocycles. The van der Waals surface area contributed by atoms with Gasteiger partial charge in [0.25, 0.3) is 0 Å². The standard InChI is InChI=1S/C22H21NO3/c1-14-5-3-7-18(13-14)26-17-11-9-16(10-12-17)23-21(24)19-8-4-6-15(2)20(19)22(23)25/h3-7,9-13,15,19-20H,8H2,1-2H3. The SMILES string of the molecule is Cc1cccc(Oc2ccc(N3C(=O)C4CC=CC(C)C4C3=O)cc2)c1. The van der Waals surface area contributed by atoms with Gasteiger partial charge in [-0.3, -0.25) is 14.5 Å². The van der Waals surface area contributed by atoms with Gasteiger partial charge in [0.15, 0.2) is 0 Å². The lowest BCUT2D eigenvalue weighted by atomic mass is 9.78. The van der Waals surface area contributed by atoms with E-state index in [1.807, 2.05) is 50.3 Å². The van der Waals surface area contributed by atoms with Gasteiger partial charge >= 0.3 is 0 Å². The Balaban J connectivity index is 1.55. The largest absolute Gasteiger partial charge is 0.457 e. The lowest BCUT2D eigenvalue weighted by molar-refractivity contribution is -0.122. The van der Waals surface area contributed by atoms with Crippen molar-refractivity contribution in [1.82, 2.24) is 0 Å². The highest BCUT2D eigenvalue weighted by atomic mass is 16.5. The van der Waals surface area contributed by atoms with E-state index in [2.05, 4.69) is 0 Å². The maximum Gasteiger partial charge on any atom is 0.238 e. The van der Waals surface area contributed by atoms with E-state index in [1.54, 1.807) is 24.3 Å². The van der Waals surface area contributed by atoms with Crippen molar-refractivity contribution < 1.29 is 14.3 Å². The number of rotatable bonds is 3. The van der Waals surface area contributed by atoms with Crippen molar-refractivity contribution in [2.45, 2.75) is 20.3 Å². The molecule has 132 valence electrons. The maximum absolute atomic E-state index is 12.8. The Hall–Kier alpha value is -2.88. The third kappa shape index (κ3) is 2.81. The smallest absolute Gasteiger partial charge is 0.238 e. The summed E-state index contributed by atoms with van der Waals surface area (Å²) in [7, 11) is 0. The van der Waals surface area contributed by atoms with Crippen molar-refractivity contribution in [2.24, 2.45) is 17.8 Å². The van der Waals surface area contributed by atoms with Crippen LogP contribution in [0.25, 0.3) is 0 Å². The van der Waals surface area contributed by atoms with Crippen LogP contribution in [-0.2, 0) is 9.59 Å². The average molecular weight is 347 g/mol. The second kappa shape index (κ2) is 6.45. The van der Waals surface area contributed by atoms with Gasteiger partial charge in [-0.05, 0) is 61.2 Å². The highest BCUT2D eigenvalue weighted by Gasteiger charge is 2.50. The van der Waals surface area contributed by atoms with Crippen LogP contribution in [0.2, 0.25) is 0 Å². The van der Waals surface area contributed by atoms with Crippen molar-refractivity contribution in [2.75, 3.05) is 4.90 Å². The molecule has 0 N–H and O–H groups in total. The van der Waals surface area contributed by atoms with E-state index in [0.29, 0.717) is 17.9 Å². The predicted molar refractivity (Wildman–Crippen MR) is 100 cm³/mol. The molecule has 0 spiro atoms. The molecule has 3 atom stereocenters. The second-order valence-corrected chi connectivity index (χ2v) is 7.08. The molecule has 2 aliphatic rings. The van der Waals surface area contributed by atoms with E-state index in [9.17, 15) is 9.59 Å². The Bertz CT molecular complexity index is 885. The number of fused-ring (bicyclic) bond motifs is 1. The lowest BCUT2D eigenvalue weighted by Crippen LogP contribution is -2.31. The Morgan fingerprint density at radius 1 is 1.00 bits per heavy atom. The van der Waals surface area contributed by atoms with E-state index in [-0.39, 0.29) is 29.6 Å². The van der Waals surface area contributed by atoms with Gasteiger partial charge in [-0.15, -0.1) is 0 Å². The molecule has 4 rings (SSSR count). The first-order valence-corrected chi connectivity index (χ1v) is 8.93. The minimum atomic E-state index is -0.240. The van der Waals surface area contributed by atoms with Gasteiger partial charge < -0.3 is 4.74 Å². The number of amides is 2. The number of hydrogen-bond acceptors (Lipinski definition) is 3. The zero-order chi connectivity index (χ0) is 18.3. The van der Waals surface area contributed by atoms with Crippen LogP contribution in [0.15, 0.2) is 60.7 Å². The number of benzene rings is 2. The molecule has 1 saturated heterocycles. The molecule has 2 aromatic carbocycles. The number of ether oxygens (including phenoxy) is 1. The fourth-order valence-electron chi connectivity index (χ4n) is 3.88. The minimum Gasteiger partial charge on any atom is -0.457 e. The normalized spacial score (nSPS) is 24.7. The molecule has 0 bridgehead atoms. The maximum atomic E-state index is 12.8. The third-order valence-corrected chi connectivity index (χ3v) is 5.19. The summed E-state index contributed by atoms with van der Waals surface area (Å²) in [4.78, 5) is 26.9. The first-order chi connectivity index (χ1) is 12.5. The molecule has 4 heteroatoms. The zero-order valence-electron chi connectivity index (χ0n) is 14.9. The number of carbonyl (C=O) groups excluding carboxylic acids is 2. The molecule has 1 heterocycles. The van der Waals surface area contributed by atoms with Crippen molar-refractivity contribution in [3.8, 4) is 11.5 Å². The molecule has 0 radical (unpaired) electrons. The summed E-state index contributed by atoms with van der Waals surface area (Å²) < 4.78 is 5.84. The van der Waals surface area contributed by atoms with Gasteiger partial charge in [0.2, 0.25) is 11.8 Å². The van der Waals surface area contributed by atoms with Crippen LogP contribution >= 0.6 is 0 Å². The number of hydrogen-bond donors (Lipinski definition) is 0. The molecule has 1 aliphatic carbocycles. The Labute approximate surface area is 153 Å². The zero-order valence-corrected chi connectivity index (χ0v) is 14.9. The number of aryl methyl sites for hydroxylation is 1. The van der Waals surface area contributed by atoms with Crippen LogP contribution in [0.5, 0.6) is 11.5 Å². The van der Waals surface area contributed by atoms with Crippen molar-refractivity contribution >= 4 is 17.5 Å². The van der Waals surface area contributed by atoms with Crippen LogP contribution in [0.1, 0.15) is 18.9 Å². The van der Waals surface area contributed by atoms with Crippen LogP contribution < -0.4 is 9.64 Å². The number of nitrogens with zero attached hydrogens (tertiary/aromatic N) is 1. The molecule has 2 aromatic rings. The summed E-state index contributed by atoms with van der Waals surface area (Å²) in [5.41, 5.74) is 1.73. The molecule has 3 unspecified atom stereocenters. The van der Waals surface area contributed by atoms with Crippen LogP contribution in [0.4, 0.5) is 5.69 Å². The topological polar surface area (TPSA) is 46.6 Å². The summed E-state index contributed by atoms with van der Waals surface area (Å²) in [6.45, 7) is 4.01. The average Bonchev–Trinajstić information content (AvgIpc) is 2.88. The molecular weight excluding hydrogens is 326 g/mol. The molecule has 0 aromatic heterocycles. The summed E-state index contributed by atoms with van der Waals surface area (Å²) in [5.74, 6) is 0.871. The minimum absolute atomic E-state index is 0.0933. The van der Waals surface area contributed by atoms with Gasteiger partial charge in [-0.25, -0.2) is 0 Å². The van der Waals surface area contributed by atoms with Crippen molar-refractivity contribution in [1.29, 1.82) is 0 Å². The summed E-state index contributed by atoms with van der Waals surface area (Å²) in [5, 5.41) is 0. The fraction of sp³-hybridized carbons (Fsp3) is 0.273. The lowest BCUT2D eigenvalue weighted by Gasteiger charge is -2.22. The molecule has 2 amide bonds. The van der Waals surface area contributed by atoms with E-state index in [1.165, 1.54) is 4.90 Å². The van der Waals surface area contributed by atoms with E-state index in [4.69, 9.17) is 4.74 Å². The number of anilines is 1. The quantitative estimate of drug-likeness (QED) is 0.607. The van der Waals surface area contributed by atoms with Crippen LogP contribution in [0, 0.1) is 24.7 Å². The number of carbonyl (C=O) groups is 2. The van der Waals surface area contributed by atoms with Crippen molar-refractivity contribution in [3.63, 3.8) is 0 Å². The molecule has 26 heavy (non-hydrogen) atoms. The number of allylic oxidation sites excluding steroid dienone is 2. The highest BCUT2D eigenvalue weighted by molar-refractivity contribution is 6.22. The highest BCUT2D eigenvalue weighted by Crippen LogP contribution is 2.40. The molecule has 0 saturated carbocycles. The van der Waals surface area contributed by atoms with E-state index >= 15 is 0 Å². The van der Waals surface area contributed by atoms with E-state index < -0.39 is 0 Å². The van der Waals surface area contributed by atoms with Gasteiger partial charge in [0.05, 0.1) is 17.5 Å². The molecular formula is C22H21NO3. The summed E-state index contributed by atoms with van der Waals surface area (Å²) in [6, 6.07) is 14.9. The van der Waals surface area contributed by atoms with E-state index in [0.717, 1.165) is 11.3 Å². The summed E-state index contributed by atoms with van der Waals surface area (Å²) >= 11 is 0. The molecule has 4 nitrogen and oxygen atoms in total. The first kappa shape index (κ1) is 16.6. The van der Waals surface area contributed by atoms with Gasteiger partial charge in [0, 0.05) is 0 Å². The van der Waals surface area contributed by atoms with Crippen LogP contribution in [0.3, 0.4) is 0 Å². The fourth-order valence-corrected chi connectivity index (χ4v) is 3.88. The Morgan fingerprint density at radius 3 is 2.46 bits per heavy atom. The summed E-state index contributed by atoms with van der Waals surface area (Å²) in [6.07, 6.45) is 4.69. The number of imide groups is 1. The van der Waals surface area contributed by atoms with Crippen LogP contribution in [-0.4, -0.2) is 11.8 Å². The Kier molecular flexibility index (Phi) is 4.11. The van der Waals surface area contributed by atoms with Gasteiger partial charge in [-0.1, -0.05) is 31.2 Å².